The number of hydrogen-bond acceptors (Lipinski definition) is 7. The fraction of sp³-hybridized carbons (Fsp3) is 0.480. The van der Waals surface area contributed by atoms with Gasteiger partial charge in [0.1, 0.15) is 24.7 Å². The summed E-state index contributed by atoms with van der Waals surface area (Å²) in [6, 6.07) is 15.4. The van der Waals surface area contributed by atoms with E-state index in [2.05, 4.69) is 4.99 Å². The zero-order valence-electron chi connectivity index (χ0n) is 19.2. The lowest BCUT2D eigenvalue weighted by Crippen LogP contribution is -2.10. The molecule has 7 nitrogen and oxygen atoms in total. The molecule has 0 heterocycles. The Kier molecular flexibility index (Phi) is 13.8. The highest BCUT2D eigenvalue weighted by Crippen LogP contribution is 2.18. The molecule has 0 fully saturated rings. The summed E-state index contributed by atoms with van der Waals surface area (Å²) in [6.45, 7) is 9.83. The summed E-state index contributed by atoms with van der Waals surface area (Å²) in [5, 5.41) is 0. The summed E-state index contributed by atoms with van der Waals surface area (Å²) >= 11 is 0. The molecule has 2 aromatic carbocycles. The molecule has 0 spiro atoms. The minimum atomic E-state index is 0.503. The van der Waals surface area contributed by atoms with Gasteiger partial charge in [-0.25, -0.2) is 0 Å². The second-order valence-corrected chi connectivity index (χ2v) is 6.64. The average Bonchev–Trinajstić information content (AvgIpc) is 2.83. The van der Waals surface area contributed by atoms with Crippen LogP contribution in [0.15, 0.2) is 53.5 Å². The molecule has 176 valence electrons. The van der Waals surface area contributed by atoms with E-state index in [9.17, 15) is 0 Å². The number of ether oxygens (including phenoxy) is 6. The molecule has 7 heteroatoms. The molecule has 0 amide bonds. The standard InChI is InChI=1S/C25H35NO6/c1-3-27-13-15-29-17-19-31-24-9-5-22(6-10-24)21-26-23-7-11-25(12-8-23)32-20-18-30-16-14-28-4-2/h5-12,21H,3-4,13-20H2,1-2H3. The number of benzene rings is 2. The molecule has 0 aliphatic carbocycles. The molecule has 2 rings (SSSR count). The Morgan fingerprint density at radius 3 is 1.50 bits per heavy atom. The van der Waals surface area contributed by atoms with E-state index in [4.69, 9.17) is 28.4 Å². The van der Waals surface area contributed by atoms with E-state index in [1.54, 1.807) is 0 Å². The molecule has 0 radical (unpaired) electrons. The summed E-state index contributed by atoms with van der Waals surface area (Å²) in [4.78, 5) is 4.50. The van der Waals surface area contributed by atoms with Crippen molar-refractivity contribution in [3.8, 4) is 11.5 Å². The van der Waals surface area contributed by atoms with Crippen LogP contribution in [0.25, 0.3) is 0 Å². The van der Waals surface area contributed by atoms with Gasteiger partial charge in [-0.2, -0.15) is 0 Å². The van der Waals surface area contributed by atoms with Gasteiger partial charge < -0.3 is 28.4 Å². The maximum absolute atomic E-state index is 5.67. The quantitative estimate of drug-likeness (QED) is 0.252. The topological polar surface area (TPSA) is 67.7 Å². The van der Waals surface area contributed by atoms with Gasteiger partial charge in [0.25, 0.3) is 0 Å². The maximum Gasteiger partial charge on any atom is 0.119 e. The Morgan fingerprint density at radius 1 is 0.562 bits per heavy atom. The van der Waals surface area contributed by atoms with Crippen molar-refractivity contribution in [1.82, 2.24) is 0 Å². The van der Waals surface area contributed by atoms with E-state index < -0.39 is 0 Å². The second kappa shape index (κ2) is 17.1. The van der Waals surface area contributed by atoms with Crippen molar-refractivity contribution < 1.29 is 28.4 Å². The molecule has 0 unspecified atom stereocenters. The van der Waals surface area contributed by atoms with E-state index in [1.165, 1.54) is 0 Å². The van der Waals surface area contributed by atoms with Crippen molar-refractivity contribution in [2.24, 2.45) is 4.99 Å². The van der Waals surface area contributed by atoms with Crippen molar-refractivity contribution in [2.45, 2.75) is 13.8 Å². The number of hydrogen-bond donors (Lipinski definition) is 0. The molecule has 0 N–H and O–H groups in total. The minimum absolute atomic E-state index is 0.503. The summed E-state index contributed by atoms with van der Waals surface area (Å²) in [6.07, 6.45) is 1.82. The zero-order valence-corrected chi connectivity index (χ0v) is 19.2. The normalized spacial score (nSPS) is 11.2. The SMILES string of the molecule is CCOCCOCCOc1ccc(C=Nc2ccc(OCCOCCOCC)cc2)cc1. The first-order chi connectivity index (χ1) is 15.8. The van der Waals surface area contributed by atoms with Gasteiger partial charge in [0.15, 0.2) is 0 Å². The second-order valence-electron chi connectivity index (χ2n) is 6.64. The Hall–Kier alpha value is -2.45. The van der Waals surface area contributed by atoms with Crippen molar-refractivity contribution in [2.75, 3.05) is 66.1 Å². The molecule has 0 atom stereocenters. The Bertz CT molecular complexity index is 670. The van der Waals surface area contributed by atoms with Crippen molar-refractivity contribution in [1.29, 1.82) is 0 Å². The predicted octanol–water partition coefficient (Wildman–Crippen LogP) is 4.30. The number of rotatable bonds is 18. The lowest BCUT2D eigenvalue weighted by molar-refractivity contribution is 0.0405. The fourth-order valence-electron chi connectivity index (χ4n) is 2.59. The molecule has 0 saturated heterocycles. The van der Waals surface area contributed by atoms with E-state index in [0.717, 1.165) is 22.7 Å². The summed E-state index contributed by atoms with van der Waals surface area (Å²) in [7, 11) is 0. The molecule has 0 bridgehead atoms. The van der Waals surface area contributed by atoms with Crippen LogP contribution in [-0.4, -0.2) is 72.3 Å². The van der Waals surface area contributed by atoms with Crippen LogP contribution in [0, 0.1) is 0 Å². The first-order valence-corrected chi connectivity index (χ1v) is 11.1. The van der Waals surface area contributed by atoms with E-state index in [-0.39, 0.29) is 0 Å². The molecule has 0 aliphatic rings. The van der Waals surface area contributed by atoms with Crippen molar-refractivity contribution in [3.05, 3.63) is 54.1 Å². The first kappa shape index (κ1) is 25.8. The van der Waals surface area contributed by atoms with Crippen LogP contribution in [0.4, 0.5) is 5.69 Å². The highest BCUT2D eigenvalue weighted by Gasteiger charge is 1.97. The zero-order chi connectivity index (χ0) is 22.7. The maximum atomic E-state index is 5.67. The van der Waals surface area contributed by atoms with Gasteiger partial charge in [-0.15, -0.1) is 0 Å². The number of nitrogens with zero attached hydrogens (tertiary/aromatic N) is 1. The summed E-state index contributed by atoms with van der Waals surface area (Å²) in [5.74, 6) is 1.60. The first-order valence-electron chi connectivity index (χ1n) is 11.1. The van der Waals surface area contributed by atoms with Crippen LogP contribution in [0.5, 0.6) is 11.5 Å². The third-order valence-corrected chi connectivity index (χ3v) is 4.22. The predicted molar refractivity (Wildman–Crippen MR) is 126 cm³/mol. The smallest absolute Gasteiger partial charge is 0.119 e. The third-order valence-electron chi connectivity index (χ3n) is 4.22. The molecular formula is C25H35NO6. The highest BCUT2D eigenvalue weighted by molar-refractivity contribution is 5.82. The lowest BCUT2D eigenvalue weighted by Gasteiger charge is -2.08. The lowest BCUT2D eigenvalue weighted by atomic mass is 10.2. The van der Waals surface area contributed by atoms with Gasteiger partial charge >= 0.3 is 0 Å². The van der Waals surface area contributed by atoms with Gasteiger partial charge in [0.05, 0.1) is 45.3 Å². The van der Waals surface area contributed by atoms with Crippen LogP contribution < -0.4 is 9.47 Å². The van der Waals surface area contributed by atoms with Gasteiger partial charge in [0, 0.05) is 19.4 Å². The van der Waals surface area contributed by atoms with Crippen LogP contribution in [0.1, 0.15) is 19.4 Å². The average molecular weight is 446 g/mol. The minimum Gasteiger partial charge on any atom is -0.491 e. The van der Waals surface area contributed by atoms with E-state index in [0.29, 0.717) is 66.1 Å². The van der Waals surface area contributed by atoms with E-state index >= 15 is 0 Å². The third kappa shape index (κ3) is 11.8. The van der Waals surface area contributed by atoms with E-state index in [1.807, 2.05) is 68.6 Å². The summed E-state index contributed by atoms with van der Waals surface area (Å²) < 4.78 is 32.6. The van der Waals surface area contributed by atoms with Gasteiger partial charge in [0.2, 0.25) is 0 Å². The van der Waals surface area contributed by atoms with Crippen LogP contribution in [-0.2, 0) is 18.9 Å². The largest absolute Gasteiger partial charge is 0.491 e. The number of aliphatic imine (C=N–C) groups is 1. The Balaban J connectivity index is 1.64. The molecule has 0 aromatic heterocycles. The highest BCUT2D eigenvalue weighted by atomic mass is 16.5. The monoisotopic (exact) mass is 445 g/mol. The van der Waals surface area contributed by atoms with Crippen LogP contribution >= 0.6 is 0 Å². The molecule has 2 aromatic rings. The Labute approximate surface area is 191 Å². The molecule has 32 heavy (non-hydrogen) atoms. The van der Waals surface area contributed by atoms with Gasteiger partial charge in [-0.1, -0.05) is 0 Å². The van der Waals surface area contributed by atoms with Crippen LogP contribution in [0.3, 0.4) is 0 Å². The van der Waals surface area contributed by atoms with Gasteiger partial charge in [-0.05, 0) is 67.9 Å². The fourth-order valence-corrected chi connectivity index (χ4v) is 2.59. The molecular weight excluding hydrogens is 410 g/mol. The van der Waals surface area contributed by atoms with Crippen molar-refractivity contribution >= 4 is 11.9 Å². The molecule has 0 aliphatic heterocycles. The van der Waals surface area contributed by atoms with Gasteiger partial charge in [-0.3, -0.25) is 4.99 Å². The van der Waals surface area contributed by atoms with Crippen molar-refractivity contribution in [3.63, 3.8) is 0 Å². The van der Waals surface area contributed by atoms with Crippen LogP contribution in [0.2, 0.25) is 0 Å². The summed E-state index contributed by atoms with van der Waals surface area (Å²) in [5.41, 5.74) is 1.85. The Morgan fingerprint density at radius 2 is 1.00 bits per heavy atom. The molecule has 0 saturated carbocycles.